The molecular formula is C27H32N2O3S. The molecule has 5 nitrogen and oxygen atoms in total. The van der Waals surface area contributed by atoms with Crippen molar-refractivity contribution in [1.29, 1.82) is 0 Å². The van der Waals surface area contributed by atoms with Crippen LogP contribution in [-0.2, 0) is 14.8 Å². The smallest absolute Gasteiger partial charge is 0.232 e. The first-order valence-electron chi connectivity index (χ1n) is 11.1. The fraction of sp³-hybridized carbons (Fsp3) is 0.296. The predicted octanol–water partition coefficient (Wildman–Crippen LogP) is 5.06. The highest BCUT2D eigenvalue weighted by Gasteiger charge is 2.21. The number of hydrogen-bond donors (Lipinski definition) is 1. The van der Waals surface area contributed by atoms with Gasteiger partial charge in [0.25, 0.3) is 0 Å². The molecule has 1 amide bonds. The molecule has 0 radical (unpaired) electrons. The molecule has 0 aromatic heterocycles. The Labute approximate surface area is 197 Å². The fourth-order valence-electron chi connectivity index (χ4n) is 3.97. The van der Waals surface area contributed by atoms with Gasteiger partial charge in [-0.25, -0.2) is 8.42 Å². The van der Waals surface area contributed by atoms with Crippen LogP contribution in [0.1, 0.15) is 46.7 Å². The summed E-state index contributed by atoms with van der Waals surface area (Å²) in [5, 5.41) is 3.16. The average Bonchev–Trinajstić information content (AvgIpc) is 2.77. The highest BCUT2D eigenvalue weighted by molar-refractivity contribution is 7.92. The quantitative estimate of drug-likeness (QED) is 0.481. The van der Waals surface area contributed by atoms with Crippen LogP contribution in [0.5, 0.6) is 0 Å². The Morgan fingerprint density at radius 2 is 1.58 bits per heavy atom. The van der Waals surface area contributed by atoms with Crippen molar-refractivity contribution in [1.82, 2.24) is 5.32 Å². The van der Waals surface area contributed by atoms with Crippen LogP contribution in [0, 0.1) is 20.8 Å². The number of sulfonamides is 1. The van der Waals surface area contributed by atoms with E-state index in [1.54, 1.807) is 0 Å². The Balaban J connectivity index is 1.73. The first-order valence-corrected chi connectivity index (χ1v) is 13.0. The molecular weight excluding hydrogens is 432 g/mol. The van der Waals surface area contributed by atoms with Gasteiger partial charge in [-0.3, -0.25) is 9.10 Å². The van der Waals surface area contributed by atoms with Gasteiger partial charge in [-0.1, -0.05) is 66.7 Å². The molecule has 0 heterocycles. The van der Waals surface area contributed by atoms with E-state index in [1.807, 2.05) is 93.6 Å². The molecule has 1 unspecified atom stereocenters. The van der Waals surface area contributed by atoms with Crippen molar-refractivity contribution in [2.45, 2.75) is 39.7 Å². The van der Waals surface area contributed by atoms with E-state index in [0.717, 1.165) is 27.8 Å². The van der Waals surface area contributed by atoms with Gasteiger partial charge in [-0.05, 0) is 61.1 Å². The van der Waals surface area contributed by atoms with Crippen molar-refractivity contribution in [3.8, 4) is 0 Å². The van der Waals surface area contributed by atoms with Gasteiger partial charge >= 0.3 is 0 Å². The monoisotopic (exact) mass is 464 g/mol. The van der Waals surface area contributed by atoms with Gasteiger partial charge < -0.3 is 5.32 Å². The molecule has 3 rings (SSSR count). The zero-order chi connectivity index (χ0) is 24.0. The normalized spacial score (nSPS) is 12.2. The third-order valence-corrected chi connectivity index (χ3v) is 6.92. The molecule has 0 aliphatic carbocycles. The molecule has 3 aromatic rings. The number of nitrogens with zero attached hydrogens (tertiary/aromatic N) is 1. The summed E-state index contributed by atoms with van der Waals surface area (Å²) in [6.07, 6.45) is 1.85. The Bertz CT molecular complexity index is 1210. The van der Waals surface area contributed by atoms with Crippen LogP contribution in [0.25, 0.3) is 0 Å². The second-order valence-electron chi connectivity index (χ2n) is 8.50. The number of nitrogens with one attached hydrogen (secondary N) is 1. The van der Waals surface area contributed by atoms with Crippen molar-refractivity contribution in [2.24, 2.45) is 0 Å². The summed E-state index contributed by atoms with van der Waals surface area (Å²) < 4.78 is 26.4. The Hall–Kier alpha value is -3.12. The molecule has 0 bridgehead atoms. The maximum atomic E-state index is 12.9. The predicted molar refractivity (Wildman–Crippen MR) is 135 cm³/mol. The highest BCUT2D eigenvalue weighted by Crippen LogP contribution is 2.26. The summed E-state index contributed by atoms with van der Waals surface area (Å²) >= 11 is 0. The molecule has 33 heavy (non-hydrogen) atoms. The van der Waals surface area contributed by atoms with Crippen LogP contribution in [0.3, 0.4) is 0 Å². The largest absolute Gasteiger partial charge is 0.345 e. The number of anilines is 1. The van der Waals surface area contributed by atoms with E-state index in [-0.39, 0.29) is 24.9 Å². The van der Waals surface area contributed by atoms with E-state index in [4.69, 9.17) is 0 Å². The summed E-state index contributed by atoms with van der Waals surface area (Å²) in [4.78, 5) is 12.9. The number of hydrogen-bond acceptors (Lipinski definition) is 3. The molecule has 174 valence electrons. The number of carbonyl (C=O) groups excluding carboxylic acids is 1. The van der Waals surface area contributed by atoms with E-state index in [9.17, 15) is 13.2 Å². The molecule has 6 heteroatoms. The average molecular weight is 465 g/mol. The van der Waals surface area contributed by atoms with Crippen LogP contribution in [0.2, 0.25) is 0 Å². The van der Waals surface area contributed by atoms with E-state index >= 15 is 0 Å². The molecule has 3 aromatic carbocycles. The van der Waals surface area contributed by atoms with Crippen LogP contribution in [-0.4, -0.2) is 27.1 Å². The molecule has 0 aliphatic rings. The summed E-state index contributed by atoms with van der Waals surface area (Å²) in [6.45, 7) is 6.11. The van der Waals surface area contributed by atoms with Gasteiger partial charge in [-0.2, -0.15) is 0 Å². The molecule has 1 N–H and O–H groups in total. The van der Waals surface area contributed by atoms with E-state index < -0.39 is 10.0 Å². The van der Waals surface area contributed by atoms with E-state index in [0.29, 0.717) is 12.1 Å². The summed E-state index contributed by atoms with van der Waals surface area (Å²) in [5.41, 5.74) is 5.70. The molecule has 0 spiro atoms. The van der Waals surface area contributed by atoms with Crippen molar-refractivity contribution in [3.63, 3.8) is 0 Å². The molecule has 0 fully saturated rings. The lowest BCUT2D eigenvalue weighted by molar-refractivity contribution is -0.121. The third-order valence-electron chi connectivity index (χ3n) is 5.74. The number of carbonyl (C=O) groups is 1. The van der Waals surface area contributed by atoms with Crippen LogP contribution >= 0.6 is 0 Å². The zero-order valence-corrected chi connectivity index (χ0v) is 20.5. The minimum Gasteiger partial charge on any atom is -0.345 e. The maximum absolute atomic E-state index is 12.9. The van der Waals surface area contributed by atoms with E-state index in [1.165, 1.54) is 10.6 Å². The lowest BCUT2D eigenvalue weighted by Crippen LogP contribution is -2.33. The summed E-state index contributed by atoms with van der Waals surface area (Å²) in [7, 11) is -3.47. The minimum absolute atomic E-state index is 0.110. The summed E-state index contributed by atoms with van der Waals surface area (Å²) in [6, 6.07) is 23.4. The molecule has 0 aliphatic heterocycles. The molecule has 0 saturated heterocycles. The first-order chi connectivity index (χ1) is 15.7. The first kappa shape index (κ1) is 24.5. The second kappa shape index (κ2) is 10.7. The van der Waals surface area contributed by atoms with Crippen molar-refractivity contribution < 1.29 is 13.2 Å². The van der Waals surface area contributed by atoms with Gasteiger partial charge in [0.05, 0.1) is 18.0 Å². The van der Waals surface area contributed by atoms with Crippen LogP contribution in [0.15, 0.2) is 72.8 Å². The SMILES string of the molecule is Cc1ccc(C)c(N(CCCC(=O)NC(c2ccccc2)c2ccccc2C)S(C)(=O)=O)c1. The Kier molecular flexibility index (Phi) is 7.92. The summed E-state index contributed by atoms with van der Waals surface area (Å²) in [5.74, 6) is -0.110. The number of rotatable bonds is 9. The highest BCUT2D eigenvalue weighted by atomic mass is 32.2. The van der Waals surface area contributed by atoms with E-state index in [2.05, 4.69) is 5.32 Å². The molecule has 0 saturated carbocycles. The number of amides is 1. The zero-order valence-electron chi connectivity index (χ0n) is 19.7. The lowest BCUT2D eigenvalue weighted by Gasteiger charge is -2.25. The number of benzene rings is 3. The Morgan fingerprint density at radius 1 is 0.909 bits per heavy atom. The topological polar surface area (TPSA) is 66.5 Å². The van der Waals surface area contributed by atoms with Crippen molar-refractivity contribution in [2.75, 3.05) is 17.1 Å². The third kappa shape index (κ3) is 6.45. The molecule has 1 atom stereocenters. The van der Waals surface area contributed by atoms with Crippen molar-refractivity contribution >= 4 is 21.6 Å². The minimum atomic E-state index is -3.47. The lowest BCUT2D eigenvalue weighted by atomic mass is 9.95. The van der Waals surface area contributed by atoms with Gasteiger partial charge in [0, 0.05) is 13.0 Å². The van der Waals surface area contributed by atoms with Gasteiger partial charge in [-0.15, -0.1) is 0 Å². The standard InChI is InChI=1S/C27H32N2O3S/c1-20-16-17-22(3)25(19-20)29(33(4,31)32)18-10-15-26(30)28-27(23-12-6-5-7-13-23)24-14-9-8-11-21(24)2/h5-9,11-14,16-17,19,27H,10,15,18H2,1-4H3,(H,28,30). The maximum Gasteiger partial charge on any atom is 0.232 e. The van der Waals surface area contributed by atoms with Gasteiger partial charge in [0.2, 0.25) is 15.9 Å². The second-order valence-corrected chi connectivity index (χ2v) is 10.4. The number of aryl methyl sites for hydroxylation is 3. The van der Waals surface area contributed by atoms with Gasteiger partial charge in [0.1, 0.15) is 0 Å². The van der Waals surface area contributed by atoms with Crippen LogP contribution in [0.4, 0.5) is 5.69 Å². The van der Waals surface area contributed by atoms with Crippen molar-refractivity contribution in [3.05, 3.63) is 101 Å². The van der Waals surface area contributed by atoms with Crippen LogP contribution < -0.4 is 9.62 Å². The Morgan fingerprint density at radius 3 is 2.24 bits per heavy atom. The fourth-order valence-corrected chi connectivity index (χ4v) is 4.98. The van der Waals surface area contributed by atoms with Gasteiger partial charge in [0.15, 0.2) is 0 Å².